The molecule has 3 aromatic rings. The highest BCUT2D eigenvalue weighted by Gasteiger charge is 2.34. The summed E-state index contributed by atoms with van der Waals surface area (Å²) in [6.45, 7) is 0. The van der Waals surface area contributed by atoms with Gasteiger partial charge >= 0.3 is 0 Å². The van der Waals surface area contributed by atoms with Crippen LogP contribution in [0, 0.1) is 11.3 Å². The van der Waals surface area contributed by atoms with Crippen molar-refractivity contribution in [2.75, 3.05) is 12.4 Å². The number of aryl methyl sites for hydroxylation is 1. The molecule has 0 bridgehead atoms. The summed E-state index contributed by atoms with van der Waals surface area (Å²) in [4.78, 5) is 30.7. The molecule has 4 rings (SSSR count). The molecule has 2 amide bonds. The number of methoxy groups -OCH3 is 1. The summed E-state index contributed by atoms with van der Waals surface area (Å²) in [5.41, 5.74) is 6.13. The highest BCUT2D eigenvalue weighted by molar-refractivity contribution is 6.30. The molecule has 3 aromatic carbocycles. The Kier molecular flexibility index (Phi) is 8.39. The summed E-state index contributed by atoms with van der Waals surface area (Å²) in [5.74, 6) is 0.444. The highest BCUT2D eigenvalue weighted by atomic mass is 35.5. The van der Waals surface area contributed by atoms with E-state index in [4.69, 9.17) is 26.6 Å². The number of hydrogen-bond acceptors (Lipinski definition) is 5. The van der Waals surface area contributed by atoms with Crippen LogP contribution in [0.3, 0.4) is 0 Å². The van der Waals surface area contributed by atoms with E-state index in [9.17, 15) is 9.59 Å². The summed E-state index contributed by atoms with van der Waals surface area (Å²) >= 11 is 6.16. The number of aliphatic imine (C=N–C) groups is 1. The lowest BCUT2D eigenvalue weighted by Crippen LogP contribution is -2.41. The Labute approximate surface area is 220 Å². The minimum atomic E-state index is -0.425. The van der Waals surface area contributed by atoms with E-state index in [0.29, 0.717) is 47.2 Å². The summed E-state index contributed by atoms with van der Waals surface area (Å²) in [5, 5.41) is 13.8. The Morgan fingerprint density at radius 3 is 2.62 bits per heavy atom. The van der Waals surface area contributed by atoms with Crippen molar-refractivity contribution in [1.82, 2.24) is 10.4 Å². The minimum absolute atomic E-state index is 0.337. The number of nitrogens with one attached hydrogen (secondary N) is 2. The van der Waals surface area contributed by atoms with Crippen molar-refractivity contribution in [3.05, 3.63) is 88.9 Å². The van der Waals surface area contributed by atoms with Crippen LogP contribution in [0.15, 0.2) is 77.8 Å². The molecule has 37 heavy (non-hydrogen) atoms. The SMILES string of the molecule is COc1ccc(NC(=O)CC(=O)N2NC(=Nc3ccc(Cl)cc3CCC#N)CC2c2ccccc2)cc1. The van der Waals surface area contributed by atoms with E-state index in [0.717, 1.165) is 11.1 Å². The predicted octanol–water partition coefficient (Wildman–Crippen LogP) is 5.34. The Morgan fingerprint density at radius 1 is 1.16 bits per heavy atom. The number of carbonyl (C=O) groups excluding carboxylic acids is 2. The maximum absolute atomic E-state index is 13.3. The first-order chi connectivity index (χ1) is 18.0. The fourth-order valence-electron chi connectivity index (χ4n) is 4.09. The molecule has 9 heteroatoms. The van der Waals surface area contributed by atoms with E-state index in [1.807, 2.05) is 30.3 Å². The van der Waals surface area contributed by atoms with Crippen molar-refractivity contribution in [3.8, 4) is 11.8 Å². The van der Waals surface area contributed by atoms with Crippen LogP contribution in [0.2, 0.25) is 5.02 Å². The normalized spacial score (nSPS) is 15.6. The summed E-state index contributed by atoms with van der Waals surface area (Å²) in [6, 6.07) is 23.6. The minimum Gasteiger partial charge on any atom is -0.497 e. The third-order valence-electron chi connectivity index (χ3n) is 5.89. The zero-order valence-corrected chi connectivity index (χ0v) is 21.0. The molecule has 0 aromatic heterocycles. The molecule has 8 nitrogen and oxygen atoms in total. The number of hydrazine groups is 1. The summed E-state index contributed by atoms with van der Waals surface area (Å²) in [6.07, 6.45) is 0.950. The standard InChI is InChI=1S/C28H26ClN5O3/c1-37-23-12-10-22(11-13-23)31-27(35)18-28(36)34-25(19-6-3-2-4-7-19)17-26(33-34)32-24-14-9-21(29)16-20(24)8-5-15-30/h2-4,6-7,9-14,16,25H,5,8,17-18H2,1H3,(H,31,35)(H,32,33). The fraction of sp³-hybridized carbons (Fsp3) is 0.214. The van der Waals surface area contributed by atoms with Gasteiger partial charge in [0, 0.05) is 23.6 Å². The molecule has 0 radical (unpaired) electrons. The second kappa shape index (κ2) is 12.1. The molecule has 1 aliphatic rings. The number of nitrogens with zero attached hydrogens (tertiary/aromatic N) is 3. The van der Waals surface area contributed by atoms with Gasteiger partial charge < -0.3 is 10.1 Å². The van der Waals surface area contributed by atoms with Gasteiger partial charge in [-0.2, -0.15) is 5.26 Å². The topological polar surface area (TPSA) is 107 Å². The van der Waals surface area contributed by atoms with Crippen LogP contribution in [0.25, 0.3) is 0 Å². The van der Waals surface area contributed by atoms with Crippen molar-refractivity contribution >= 4 is 40.6 Å². The van der Waals surface area contributed by atoms with Crippen LogP contribution < -0.4 is 15.5 Å². The molecule has 0 aliphatic carbocycles. The van der Waals surface area contributed by atoms with Gasteiger partial charge in [0.1, 0.15) is 18.0 Å². The van der Waals surface area contributed by atoms with Gasteiger partial charge in [-0.3, -0.25) is 15.0 Å². The third kappa shape index (κ3) is 6.66. The van der Waals surface area contributed by atoms with Gasteiger partial charge in [0.05, 0.1) is 24.9 Å². The first kappa shape index (κ1) is 25.7. The Balaban J connectivity index is 1.53. The van der Waals surface area contributed by atoms with Crippen LogP contribution in [0.5, 0.6) is 5.75 Å². The maximum atomic E-state index is 13.3. The Morgan fingerprint density at radius 2 is 1.92 bits per heavy atom. The zero-order valence-electron chi connectivity index (χ0n) is 20.3. The molecule has 1 atom stereocenters. The average Bonchev–Trinajstić information content (AvgIpc) is 3.34. The maximum Gasteiger partial charge on any atom is 0.250 e. The fourth-order valence-corrected chi connectivity index (χ4v) is 4.28. The molecule has 0 spiro atoms. The van der Waals surface area contributed by atoms with Gasteiger partial charge in [0.15, 0.2) is 0 Å². The monoisotopic (exact) mass is 515 g/mol. The van der Waals surface area contributed by atoms with Crippen LogP contribution in [-0.2, 0) is 16.0 Å². The summed E-state index contributed by atoms with van der Waals surface area (Å²) < 4.78 is 5.13. The second-order valence-electron chi connectivity index (χ2n) is 8.45. The van der Waals surface area contributed by atoms with E-state index in [-0.39, 0.29) is 18.4 Å². The molecular formula is C28H26ClN5O3. The van der Waals surface area contributed by atoms with E-state index >= 15 is 0 Å². The van der Waals surface area contributed by atoms with Gasteiger partial charge in [0.25, 0.3) is 5.91 Å². The number of anilines is 1. The Bertz CT molecular complexity index is 1340. The lowest BCUT2D eigenvalue weighted by atomic mass is 10.0. The van der Waals surface area contributed by atoms with Gasteiger partial charge in [-0.1, -0.05) is 41.9 Å². The van der Waals surface area contributed by atoms with Crippen molar-refractivity contribution in [2.45, 2.75) is 31.7 Å². The predicted molar refractivity (Wildman–Crippen MR) is 143 cm³/mol. The van der Waals surface area contributed by atoms with E-state index < -0.39 is 5.91 Å². The number of amides is 2. The van der Waals surface area contributed by atoms with E-state index in [1.54, 1.807) is 49.6 Å². The molecule has 2 N–H and O–H groups in total. The second-order valence-corrected chi connectivity index (χ2v) is 8.89. The average molecular weight is 516 g/mol. The van der Waals surface area contributed by atoms with E-state index in [1.165, 1.54) is 5.01 Å². The molecular weight excluding hydrogens is 490 g/mol. The number of halogens is 1. The zero-order chi connectivity index (χ0) is 26.2. The number of rotatable bonds is 8. The first-order valence-corrected chi connectivity index (χ1v) is 12.1. The number of carbonyl (C=O) groups is 2. The number of ether oxygens (including phenoxy) is 1. The molecule has 188 valence electrons. The lowest BCUT2D eigenvalue weighted by molar-refractivity contribution is -0.137. The van der Waals surface area contributed by atoms with Crippen LogP contribution >= 0.6 is 11.6 Å². The molecule has 1 unspecified atom stereocenters. The van der Waals surface area contributed by atoms with Crippen molar-refractivity contribution in [3.63, 3.8) is 0 Å². The number of amidine groups is 1. The first-order valence-electron chi connectivity index (χ1n) is 11.8. The lowest BCUT2D eigenvalue weighted by Gasteiger charge is -2.24. The molecule has 0 saturated carbocycles. The summed E-state index contributed by atoms with van der Waals surface area (Å²) in [7, 11) is 1.57. The Hall–Kier alpha value is -4.35. The van der Waals surface area contributed by atoms with Crippen molar-refractivity contribution in [2.24, 2.45) is 4.99 Å². The quantitative estimate of drug-likeness (QED) is 0.394. The molecule has 1 saturated heterocycles. The van der Waals surface area contributed by atoms with Crippen LogP contribution in [0.1, 0.15) is 36.4 Å². The van der Waals surface area contributed by atoms with Crippen molar-refractivity contribution < 1.29 is 14.3 Å². The van der Waals surface area contributed by atoms with Crippen LogP contribution in [0.4, 0.5) is 11.4 Å². The van der Waals surface area contributed by atoms with Crippen LogP contribution in [-0.4, -0.2) is 29.8 Å². The third-order valence-corrected chi connectivity index (χ3v) is 6.12. The number of nitriles is 1. The number of benzene rings is 3. The molecule has 1 aliphatic heterocycles. The van der Waals surface area contributed by atoms with Gasteiger partial charge in [-0.05, 0) is 60.0 Å². The molecule has 1 heterocycles. The van der Waals surface area contributed by atoms with E-state index in [2.05, 4.69) is 16.8 Å². The van der Waals surface area contributed by atoms with Gasteiger partial charge in [-0.15, -0.1) is 0 Å². The van der Waals surface area contributed by atoms with Gasteiger partial charge in [-0.25, -0.2) is 10.0 Å². The smallest absolute Gasteiger partial charge is 0.250 e. The molecule has 1 fully saturated rings. The number of hydrogen-bond donors (Lipinski definition) is 2. The highest BCUT2D eigenvalue weighted by Crippen LogP contribution is 2.31. The largest absolute Gasteiger partial charge is 0.497 e. The van der Waals surface area contributed by atoms with Crippen molar-refractivity contribution in [1.29, 1.82) is 5.26 Å². The van der Waals surface area contributed by atoms with Gasteiger partial charge in [0.2, 0.25) is 5.91 Å².